The Bertz CT molecular complexity index is 903. The highest BCUT2D eigenvalue weighted by Gasteiger charge is 2.26. The zero-order valence-corrected chi connectivity index (χ0v) is 15.3. The molecule has 4 heteroatoms. The molecule has 1 unspecified atom stereocenters. The first-order valence-corrected chi connectivity index (χ1v) is 8.69. The first kappa shape index (κ1) is 18.4. The molecule has 27 heavy (non-hydrogen) atoms. The maximum atomic E-state index is 12.6. The smallest absolute Gasteiger partial charge is 0.339 e. The summed E-state index contributed by atoms with van der Waals surface area (Å²) < 4.78 is 5.56. The zero-order valence-electron chi connectivity index (χ0n) is 15.3. The van der Waals surface area contributed by atoms with Crippen LogP contribution in [-0.4, -0.2) is 30.9 Å². The monoisotopic (exact) mass is 359 g/mol. The Kier molecular flexibility index (Phi) is 5.67. The van der Waals surface area contributed by atoms with E-state index in [1.807, 2.05) is 60.7 Å². The molecule has 0 aromatic heterocycles. The van der Waals surface area contributed by atoms with E-state index in [2.05, 4.69) is 0 Å². The average molecular weight is 359 g/mol. The first-order chi connectivity index (χ1) is 13.1. The minimum Gasteiger partial charge on any atom is -0.444 e. The molecular weight excluding hydrogens is 338 g/mol. The van der Waals surface area contributed by atoms with Crippen LogP contribution in [0.1, 0.15) is 22.0 Å². The SMILES string of the molecule is CN(C)C(=O)C(OC(=O)c1ccc(-c2ccccc2)cc1)c1ccccc1. The van der Waals surface area contributed by atoms with Gasteiger partial charge in [0.1, 0.15) is 0 Å². The minimum atomic E-state index is -0.970. The van der Waals surface area contributed by atoms with Gasteiger partial charge in [-0.05, 0) is 23.3 Å². The summed E-state index contributed by atoms with van der Waals surface area (Å²) in [5.41, 5.74) is 3.13. The number of esters is 1. The van der Waals surface area contributed by atoms with Crippen LogP contribution in [0.2, 0.25) is 0 Å². The Balaban J connectivity index is 1.80. The molecule has 1 atom stereocenters. The van der Waals surface area contributed by atoms with Crippen LogP contribution < -0.4 is 0 Å². The summed E-state index contributed by atoms with van der Waals surface area (Å²) in [6.07, 6.45) is -0.970. The molecule has 0 bridgehead atoms. The summed E-state index contributed by atoms with van der Waals surface area (Å²) in [5.74, 6) is -0.811. The third-order valence-electron chi connectivity index (χ3n) is 4.22. The topological polar surface area (TPSA) is 46.6 Å². The summed E-state index contributed by atoms with van der Waals surface area (Å²) in [6.45, 7) is 0. The normalized spacial score (nSPS) is 11.5. The van der Waals surface area contributed by atoms with E-state index in [0.717, 1.165) is 11.1 Å². The fraction of sp³-hybridized carbons (Fsp3) is 0.130. The van der Waals surface area contributed by atoms with Crippen molar-refractivity contribution in [3.05, 3.63) is 96.1 Å². The van der Waals surface area contributed by atoms with E-state index in [1.54, 1.807) is 38.4 Å². The van der Waals surface area contributed by atoms with Crippen molar-refractivity contribution in [2.24, 2.45) is 0 Å². The van der Waals surface area contributed by atoms with E-state index >= 15 is 0 Å². The van der Waals surface area contributed by atoms with Crippen LogP contribution in [0, 0.1) is 0 Å². The lowest BCUT2D eigenvalue weighted by Gasteiger charge is -2.21. The second kappa shape index (κ2) is 8.32. The van der Waals surface area contributed by atoms with E-state index in [1.165, 1.54) is 4.90 Å². The van der Waals surface area contributed by atoms with Gasteiger partial charge in [0.05, 0.1) is 5.56 Å². The predicted molar refractivity (Wildman–Crippen MR) is 105 cm³/mol. The van der Waals surface area contributed by atoms with Crippen LogP contribution in [0.3, 0.4) is 0 Å². The van der Waals surface area contributed by atoms with Gasteiger partial charge in [0.2, 0.25) is 6.10 Å². The average Bonchev–Trinajstić information content (AvgIpc) is 2.72. The second-order valence-corrected chi connectivity index (χ2v) is 6.37. The summed E-state index contributed by atoms with van der Waals surface area (Å²) in [4.78, 5) is 26.5. The van der Waals surface area contributed by atoms with E-state index in [0.29, 0.717) is 11.1 Å². The zero-order chi connectivity index (χ0) is 19.2. The lowest BCUT2D eigenvalue weighted by atomic mass is 10.0. The Hall–Kier alpha value is -3.40. The second-order valence-electron chi connectivity index (χ2n) is 6.37. The van der Waals surface area contributed by atoms with E-state index in [-0.39, 0.29) is 5.91 Å². The van der Waals surface area contributed by atoms with Gasteiger partial charge < -0.3 is 9.64 Å². The number of amides is 1. The van der Waals surface area contributed by atoms with Gasteiger partial charge in [-0.3, -0.25) is 4.79 Å². The Morgan fingerprint density at radius 1 is 0.741 bits per heavy atom. The van der Waals surface area contributed by atoms with Crippen LogP contribution in [0.25, 0.3) is 11.1 Å². The van der Waals surface area contributed by atoms with Crippen molar-refractivity contribution in [1.29, 1.82) is 0 Å². The minimum absolute atomic E-state index is 0.282. The number of carbonyl (C=O) groups excluding carboxylic acids is 2. The molecule has 0 radical (unpaired) electrons. The number of hydrogen-bond donors (Lipinski definition) is 0. The Morgan fingerprint density at radius 3 is 1.81 bits per heavy atom. The molecule has 0 heterocycles. The van der Waals surface area contributed by atoms with Crippen molar-refractivity contribution in [3.63, 3.8) is 0 Å². The molecule has 0 aliphatic carbocycles. The van der Waals surface area contributed by atoms with Gasteiger partial charge >= 0.3 is 5.97 Å². The summed E-state index contributed by atoms with van der Waals surface area (Å²) in [7, 11) is 3.28. The van der Waals surface area contributed by atoms with Crippen LogP contribution in [-0.2, 0) is 9.53 Å². The number of ether oxygens (including phenoxy) is 1. The Labute approximate surface area is 159 Å². The van der Waals surface area contributed by atoms with E-state index in [4.69, 9.17) is 4.74 Å². The third kappa shape index (κ3) is 4.42. The maximum absolute atomic E-state index is 12.6. The van der Waals surface area contributed by atoms with Crippen molar-refractivity contribution >= 4 is 11.9 Å². The maximum Gasteiger partial charge on any atom is 0.339 e. The number of nitrogens with zero attached hydrogens (tertiary/aromatic N) is 1. The van der Waals surface area contributed by atoms with Gasteiger partial charge in [0.15, 0.2) is 0 Å². The molecule has 0 spiro atoms. The molecule has 3 aromatic rings. The summed E-state index contributed by atoms with van der Waals surface area (Å²) >= 11 is 0. The van der Waals surface area contributed by atoms with Crippen molar-refractivity contribution < 1.29 is 14.3 Å². The third-order valence-corrected chi connectivity index (χ3v) is 4.22. The lowest BCUT2D eigenvalue weighted by Crippen LogP contribution is -2.31. The number of benzene rings is 3. The fourth-order valence-corrected chi connectivity index (χ4v) is 2.73. The molecule has 4 nitrogen and oxygen atoms in total. The van der Waals surface area contributed by atoms with Gasteiger partial charge in [-0.1, -0.05) is 72.8 Å². The molecule has 0 N–H and O–H groups in total. The molecule has 3 aromatic carbocycles. The molecular formula is C23H21NO3. The van der Waals surface area contributed by atoms with E-state index in [9.17, 15) is 9.59 Å². The van der Waals surface area contributed by atoms with Crippen molar-refractivity contribution in [2.45, 2.75) is 6.10 Å². The van der Waals surface area contributed by atoms with Crippen molar-refractivity contribution in [3.8, 4) is 11.1 Å². The highest BCUT2D eigenvalue weighted by atomic mass is 16.5. The van der Waals surface area contributed by atoms with Gasteiger partial charge in [-0.2, -0.15) is 0 Å². The molecule has 0 aliphatic rings. The van der Waals surface area contributed by atoms with Crippen LogP contribution >= 0.6 is 0 Å². The lowest BCUT2D eigenvalue weighted by molar-refractivity contribution is -0.138. The number of carbonyl (C=O) groups is 2. The van der Waals surface area contributed by atoms with Crippen LogP contribution in [0.5, 0.6) is 0 Å². The predicted octanol–water partition coefficient (Wildman–Crippen LogP) is 4.34. The number of hydrogen-bond acceptors (Lipinski definition) is 3. The highest BCUT2D eigenvalue weighted by Crippen LogP contribution is 2.23. The standard InChI is InChI=1S/C23H21NO3/c1-24(2)22(25)21(19-11-7-4-8-12-19)27-23(26)20-15-13-18(14-16-20)17-9-5-3-6-10-17/h3-16,21H,1-2H3. The molecule has 1 amide bonds. The van der Waals surface area contributed by atoms with Gasteiger partial charge in [-0.15, -0.1) is 0 Å². The number of rotatable bonds is 5. The largest absolute Gasteiger partial charge is 0.444 e. The van der Waals surface area contributed by atoms with Gasteiger partial charge in [0.25, 0.3) is 5.91 Å². The van der Waals surface area contributed by atoms with Crippen LogP contribution in [0.15, 0.2) is 84.9 Å². The molecule has 0 aliphatic heterocycles. The molecule has 0 fully saturated rings. The molecule has 3 rings (SSSR count). The molecule has 0 saturated carbocycles. The van der Waals surface area contributed by atoms with Crippen molar-refractivity contribution in [2.75, 3.05) is 14.1 Å². The number of likely N-dealkylation sites (N-methyl/N-ethyl adjacent to an activating group) is 1. The van der Waals surface area contributed by atoms with E-state index < -0.39 is 12.1 Å². The first-order valence-electron chi connectivity index (χ1n) is 8.69. The summed E-state index contributed by atoms with van der Waals surface area (Å²) in [5, 5.41) is 0. The Morgan fingerprint density at radius 2 is 1.26 bits per heavy atom. The summed E-state index contributed by atoms with van der Waals surface area (Å²) in [6, 6.07) is 26.1. The quantitative estimate of drug-likeness (QED) is 0.637. The molecule has 0 saturated heterocycles. The van der Waals surface area contributed by atoms with Crippen LogP contribution in [0.4, 0.5) is 0 Å². The fourth-order valence-electron chi connectivity index (χ4n) is 2.73. The van der Waals surface area contributed by atoms with Gasteiger partial charge in [-0.25, -0.2) is 4.79 Å². The van der Waals surface area contributed by atoms with Crippen molar-refractivity contribution in [1.82, 2.24) is 4.90 Å². The highest BCUT2D eigenvalue weighted by molar-refractivity contribution is 5.93. The van der Waals surface area contributed by atoms with Gasteiger partial charge in [0, 0.05) is 19.7 Å². The molecule has 136 valence electrons.